The van der Waals surface area contributed by atoms with Crippen molar-refractivity contribution in [2.45, 2.75) is 38.6 Å². The lowest BCUT2D eigenvalue weighted by atomic mass is 9.91. The van der Waals surface area contributed by atoms with Crippen LogP contribution in [-0.2, 0) is 4.79 Å². The number of carbonyl (C=O) groups excluding carboxylic acids is 1. The first-order chi connectivity index (χ1) is 10.6. The highest BCUT2D eigenvalue weighted by molar-refractivity contribution is 5.85. The second-order valence-corrected chi connectivity index (χ2v) is 6.45. The Labute approximate surface area is 131 Å². The first-order valence-corrected chi connectivity index (χ1v) is 8.09. The van der Waals surface area contributed by atoms with Gasteiger partial charge in [-0.15, -0.1) is 0 Å². The summed E-state index contributed by atoms with van der Waals surface area (Å²) in [6.07, 6.45) is 2.14. The van der Waals surface area contributed by atoms with Gasteiger partial charge in [-0.2, -0.15) is 0 Å². The van der Waals surface area contributed by atoms with Gasteiger partial charge in [0.2, 0.25) is 5.91 Å². The van der Waals surface area contributed by atoms with Crippen molar-refractivity contribution in [2.24, 2.45) is 11.7 Å². The molecule has 2 heterocycles. The van der Waals surface area contributed by atoms with Crippen LogP contribution in [0.5, 0.6) is 0 Å². The van der Waals surface area contributed by atoms with Gasteiger partial charge in [0, 0.05) is 24.5 Å². The Bertz CT molecular complexity index is 629. The van der Waals surface area contributed by atoms with Gasteiger partial charge in [0.15, 0.2) is 0 Å². The Morgan fingerprint density at radius 3 is 2.86 bits per heavy atom. The quantitative estimate of drug-likeness (QED) is 0.947. The van der Waals surface area contributed by atoms with Crippen molar-refractivity contribution in [3.8, 4) is 0 Å². The number of amides is 1. The summed E-state index contributed by atoms with van der Waals surface area (Å²) in [5.41, 5.74) is 6.85. The van der Waals surface area contributed by atoms with Crippen molar-refractivity contribution in [2.75, 3.05) is 13.1 Å². The van der Waals surface area contributed by atoms with Gasteiger partial charge in [-0.05, 0) is 44.7 Å². The minimum absolute atomic E-state index is 0.136. The first-order valence-electron chi connectivity index (χ1n) is 8.09. The Morgan fingerprint density at radius 1 is 1.36 bits per heavy atom. The third-order valence-corrected chi connectivity index (χ3v) is 4.75. The third-order valence-electron chi connectivity index (χ3n) is 4.75. The van der Waals surface area contributed by atoms with Crippen LogP contribution in [0.1, 0.15) is 38.4 Å². The fourth-order valence-electron chi connectivity index (χ4n) is 3.25. The van der Waals surface area contributed by atoms with Gasteiger partial charge in [0.05, 0.1) is 5.92 Å². The summed E-state index contributed by atoms with van der Waals surface area (Å²) in [6, 6.07) is 9.98. The molecule has 118 valence electrons. The monoisotopic (exact) mass is 300 g/mol. The lowest BCUT2D eigenvalue weighted by molar-refractivity contribution is -0.134. The van der Waals surface area contributed by atoms with Crippen LogP contribution >= 0.6 is 0 Å². The summed E-state index contributed by atoms with van der Waals surface area (Å²) in [4.78, 5) is 14.7. The van der Waals surface area contributed by atoms with Gasteiger partial charge in [-0.3, -0.25) is 4.79 Å². The van der Waals surface area contributed by atoms with Crippen molar-refractivity contribution in [3.05, 3.63) is 36.1 Å². The fraction of sp³-hybridized carbons (Fsp3) is 0.500. The molecule has 3 rings (SSSR count). The number of furan rings is 1. The summed E-state index contributed by atoms with van der Waals surface area (Å²) in [5, 5.41) is 1.05. The van der Waals surface area contributed by atoms with Crippen molar-refractivity contribution in [1.82, 2.24) is 4.90 Å². The second-order valence-electron chi connectivity index (χ2n) is 6.45. The highest BCUT2D eigenvalue weighted by Gasteiger charge is 2.30. The molecule has 2 N–H and O–H groups in total. The van der Waals surface area contributed by atoms with Gasteiger partial charge in [-0.25, -0.2) is 0 Å². The largest absolute Gasteiger partial charge is 0.460 e. The number of nitrogens with zero attached hydrogens (tertiary/aromatic N) is 1. The first kappa shape index (κ1) is 15.1. The van der Waals surface area contributed by atoms with E-state index in [1.54, 1.807) is 0 Å². The van der Waals surface area contributed by atoms with E-state index < -0.39 is 0 Å². The lowest BCUT2D eigenvalue weighted by Gasteiger charge is -2.35. The van der Waals surface area contributed by atoms with Crippen molar-refractivity contribution in [3.63, 3.8) is 0 Å². The van der Waals surface area contributed by atoms with Crippen LogP contribution in [0.15, 0.2) is 34.7 Å². The van der Waals surface area contributed by atoms with E-state index in [4.69, 9.17) is 10.2 Å². The predicted molar refractivity (Wildman–Crippen MR) is 87.6 cm³/mol. The third kappa shape index (κ3) is 2.88. The van der Waals surface area contributed by atoms with E-state index in [-0.39, 0.29) is 17.9 Å². The van der Waals surface area contributed by atoms with Gasteiger partial charge in [0.25, 0.3) is 0 Å². The van der Waals surface area contributed by atoms with E-state index in [1.165, 1.54) is 0 Å². The van der Waals surface area contributed by atoms with Crippen LogP contribution in [0.25, 0.3) is 11.0 Å². The molecule has 3 atom stereocenters. The van der Waals surface area contributed by atoms with E-state index in [0.29, 0.717) is 5.92 Å². The Balaban J connectivity index is 1.76. The van der Waals surface area contributed by atoms with Gasteiger partial charge in [0.1, 0.15) is 11.3 Å². The molecule has 0 aliphatic carbocycles. The van der Waals surface area contributed by atoms with E-state index in [1.807, 2.05) is 49.1 Å². The van der Waals surface area contributed by atoms with Gasteiger partial charge in [-0.1, -0.05) is 18.2 Å². The standard InChI is InChI=1S/C18H24N2O2/c1-12(17-10-14-6-3-4-8-16(14)22-17)18(21)20-9-5-7-15(11-20)13(2)19/h3-4,6,8,10,12-13,15H,5,7,9,11,19H2,1-2H3. The normalized spacial score (nSPS) is 21.8. The summed E-state index contributed by atoms with van der Waals surface area (Å²) >= 11 is 0. The highest BCUT2D eigenvalue weighted by atomic mass is 16.3. The molecule has 0 spiro atoms. The molecule has 0 radical (unpaired) electrons. The predicted octanol–water partition coefficient (Wildman–Crippen LogP) is 3.12. The maximum absolute atomic E-state index is 12.8. The van der Waals surface area contributed by atoms with Crippen LogP contribution in [0, 0.1) is 5.92 Å². The molecule has 4 heteroatoms. The number of benzene rings is 1. The zero-order valence-corrected chi connectivity index (χ0v) is 13.3. The zero-order chi connectivity index (χ0) is 15.7. The van der Waals surface area contributed by atoms with Gasteiger partial charge < -0.3 is 15.1 Å². The molecule has 3 unspecified atom stereocenters. The smallest absolute Gasteiger partial charge is 0.233 e. The number of hydrogen-bond acceptors (Lipinski definition) is 3. The van der Waals surface area contributed by atoms with Crippen LogP contribution in [0.2, 0.25) is 0 Å². The van der Waals surface area contributed by atoms with Crippen LogP contribution in [0.4, 0.5) is 0 Å². The second kappa shape index (κ2) is 6.13. The summed E-state index contributed by atoms with van der Waals surface area (Å²) < 4.78 is 5.84. The minimum atomic E-state index is -0.251. The minimum Gasteiger partial charge on any atom is -0.460 e. The highest BCUT2D eigenvalue weighted by Crippen LogP contribution is 2.28. The maximum Gasteiger partial charge on any atom is 0.233 e. The number of para-hydroxylation sites is 1. The molecule has 4 nitrogen and oxygen atoms in total. The van der Waals surface area contributed by atoms with Crippen molar-refractivity contribution in [1.29, 1.82) is 0 Å². The number of rotatable bonds is 3. The molecule has 1 saturated heterocycles. The van der Waals surface area contributed by atoms with Crippen LogP contribution in [0.3, 0.4) is 0 Å². The maximum atomic E-state index is 12.8. The molecular formula is C18H24N2O2. The Morgan fingerprint density at radius 2 is 2.14 bits per heavy atom. The molecule has 1 amide bonds. The molecule has 1 aromatic heterocycles. The molecule has 1 aliphatic rings. The number of carbonyl (C=O) groups is 1. The van der Waals surface area contributed by atoms with E-state index in [2.05, 4.69) is 0 Å². The molecule has 22 heavy (non-hydrogen) atoms. The molecular weight excluding hydrogens is 276 g/mol. The van der Waals surface area contributed by atoms with E-state index in [0.717, 1.165) is 42.7 Å². The molecule has 2 aromatic rings. The molecule has 0 saturated carbocycles. The fourth-order valence-corrected chi connectivity index (χ4v) is 3.25. The topological polar surface area (TPSA) is 59.5 Å². The average Bonchev–Trinajstić information content (AvgIpc) is 2.97. The average molecular weight is 300 g/mol. The molecule has 0 bridgehead atoms. The summed E-state index contributed by atoms with van der Waals surface area (Å²) in [5.74, 6) is 1.04. The van der Waals surface area contributed by atoms with E-state index in [9.17, 15) is 4.79 Å². The number of piperidine rings is 1. The number of fused-ring (bicyclic) bond motifs is 1. The van der Waals surface area contributed by atoms with E-state index >= 15 is 0 Å². The van der Waals surface area contributed by atoms with Crippen LogP contribution in [-0.4, -0.2) is 29.9 Å². The van der Waals surface area contributed by atoms with Crippen molar-refractivity contribution < 1.29 is 9.21 Å². The molecule has 1 fully saturated rings. The summed E-state index contributed by atoms with van der Waals surface area (Å²) in [6.45, 7) is 5.55. The number of hydrogen-bond donors (Lipinski definition) is 1. The Hall–Kier alpha value is -1.81. The zero-order valence-electron chi connectivity index (χ0n) is 13.3. The van der Waals surface area contributed by atoms with Gasteiger partial charge >= 0.3 is 0 Å². The SMILES string of the molecule is CC(C(=O)N1CCCC(C(C)N)C1)c1cc2ccccc2o1. The lowest BCUT2D eigenvalue weighted by Crippen LogP contribution is -2.46. The van der Waals surface area contributed by atoms with Crippen molar-refractivity contribution >= 4 is 16.9 Å². The number of likely N-dealkylation sites (tertiary alicyclic amines) is 1. The molecule has 1 aromatic carbocycles. The molecule has 1 aliphatic heterocycles. The summed E-state index contributed by atoms with van der Waals surface area (Å²) in [7, 11) is 0. The number of nitrogens with two attached hydrogens (primary N) is 1. The Kier molecular flexibility index (Phi) is 4.21. The van der Waals surface area contributed by atoms with Crippen LogP contribution < -0.4 is 5.73 Å².